The molecule has 0 saturated carbocycles. The molecule has 3 N–H and O–H groups in total. The van der Waals surface area contributed by atoms with Crippen LogP contribution in [0, 0.1) is 0 Å². The fourth-order valence-corrected chi connectivity index (χ4v) is 3.58. The van der Waals surface area contributed by atoms with E-state index in [9.17, 15) is 0 Å². The number of rotatable bonds is 5. The van der Waals surface area contributed by atoms with Crippen molar-refractivity contribution in [3.05, 3.63) is 43.2 Å². The van der Waals surface area contributed by atoms with E-state index >= 15 is 0 Å². The molecule has 5 heteroatoms. The summed E-state index contributed by atoms with van der Waals surface area (Å²) in [4.78, 5) is 2.56. The van der Waals surface area contributed by atoms with Crippen LogP contribution in [0.25, 0.3) is 0 Å². The monoisotopic (exact) mass is 316 g/mol. The topological polar surface area (TPSA) is 38.0 Å². The molecule has 2 nitrogen and oxygen atoms in total. The summed E-state index contributed by atoms with van der Waals surface area (Å²) in [5.41, 5.74) is 6.05. The van der Waals surface area contributed by atoms with Crippen molar-refractivity contribution in [3.63, 3.8) is 0 Å². The van der Waals surface area contributed by atoms with Gasteiger partial charge in [-0.05, 0) is 39.5 Å². The van der Waals surface area contributed by atoms with Crippen LogP contribution in [0.5, 0.6) is 0 Å². The number of hydrogen-bond donors (Lipinski definition) is 2. The molecule has 0 spiro atoms. The van der Waals surface area contributed by atoms with Gasteiger partial charge in [0, 0.05) is 22.8 Å². The van der Waals surface area contributed by atoms with Gasteiger partial charge in [0.05, 0.1) is 9.83 Å². The number of hydrogen-bond acceptors (Lipinski definition) is 4. The van der Waals surface area contributed by atoms with E-state index in [0.29, 0.717) is 0 Å². The van der Waals surface area contributed by atoms with E-state index in [-0.39, 0.29) is 6.04 Å². The standard InChI is InChI=1S/C11H13BrN2S2/c12-11-4-3-8(16-11)6-14-7-9(13)10-2-1-5-15-10/h1-5,9,14H,6-7,13H2. The molecule has 0 aliphatic rings. The molecule has 0 aliphatic heterocycles. The molecular weight excluding hydrogens is 304 g/mol. The van der Waals surface area contributed by atoms with Crippen LogP contribution in [0.1, 0.15) is 15.8 Å². The van der Waals surface area contributed by atoms with Crippen LogP contribution in [0.2, 0.25) is 0 Å². The Morgan fingerprint density at radius 3 is 2.88 bits per heavy atom. The highest BCUT2D eigenvalue weighted by Gasteiger charge is 2.06. The molecular formula is C11H13BrN2S2. The van der Waals surface area contributed by atoms with Crippen LogP contribution in [0.15, 0.2) is 33.4 Å². The zero-order chi connectivity index (χ0) is 11.4. The van der Waals surface area contributed by atoms with E-state index in [1.165, 1.54) is 13.5 Å². The molecule has 16 heavy (non-hydrogen) atoms. The normalized spacial score (nSPS) is 12.9. The van der Waals surface area contributed by atoms with E-state index < -0.39 is 0 Å². The maximum Gasteiger partial charge on any atom is 0.0701 e. The molecule has 0 aliphatic carbocycles. The van der Waals surface area contributed by atoms with E-state index in [4.69, 9.17) is 5.73 Å². The van der Waals surface area contributed by atoms with Crippen molar-refractivity contribution < 1.29 is 0 Å². The first kappa shape index (κ1) is 12.3. The summed E-state index contributed by atoms with van der Waals surface area (Å²) in [6.07, 6.45) is 0. The van der Waals surface area contributed by atoms with E-state index in [1.807, 2.05) is 6.07 Å². The van der Waals surface area contributed by atoms with Crippen molar-refractivity contribution in [3.8, 4) is 0 Å². The minimum Gasteiger partial charge on any atom is -0.322 e. The molecule has 2 heterocycles. The van der Waals surface area contributed by atoms with Gasteiger partial charge in [-0.2, -0.15) is 0 Å². The molecule has 2 rings (SSSR count). The average molecular weight is 317 g/mol. The summed E-state index contributed by atoms with van der Waals surface area (Å²) >= 11 is 6.92. The molecule has 0 aromatic carbocycles. The smallest absolute Gasteiger partial charge is 0.0701 e. The van der Waals surface area contributed by atoms with E-state index in [1.54, 1.807) is 22.7 Å². The van der Waals surface area contributed by atoms with Crippen molar-refractivity contribution in [1.82, 2.24) is 5.32 Å². The molecule has 86 valence electrons. The lowest BCUT2D eigenvalue weighted by atomic mass is 10.2. The Labute approximate surface area is 112 Å². The fourth-order valence-electron chi connectivity index (χ4n) is 1.40. The maximum absolute atomic E-state index is 6.05. The molecule has 0 saturated heterocycles. The van der Waals surface area contributed by atoms with Crippen molar-refractivity contribution in [2.75, 3.05) is 6.54 Å². The number of nitrogens with two attached hydrogens (primary N) is 1. The third-order valence-electron chi connectivity index (χ3n) is 2.20. The molecule has 1 atom stereocenters. The molecule has 1 unspecified atom stereocenters. The van der Waals surface area contributed by atoms with Crippen molar-refractivity contribution in [1.29, 1.82) is 0 Å². The summed E-state index contributed by atoms with van der Waals surface area (Å²) < 4.78 is 1.17. The fraction of sp³-hybridized carbons (Fsp3) is 0.273. The number of thiophene rings is 2. The first-order chi connectivity index (χ1) is 7.75. The summed E-state index contributed by atoms with van der Waals surface area (Å²) in [6, 6.07) is 8.41. The molecule has 0 bridgehead atoms. The molecule has 0 fully saturated rings. The predicted molar refractivity (Wildman–Crippen MR) is 75.0 cm³/mol. The molecule has 0 radical (unpaired) electrons. The SMILES string of the molecule is NC(CNCc1ccc(Br)s1)c1cccs1. The second-order valence-corrected chi connectivity index (χ2v) is 6.99. The van der Waals surface area contributed by atoms with Gasteiger partial charge in [-0.3, -0.25) is 0 Å². The Morgan fingerprint density at radius 1 is 1.38 bits per heavy atom. The lowest BCUT2D eigenvalue weighted by molar-refractivity contribution is 0.608. The highest BCUT2D eigenvalue weighted by Crippen LogP contribution is 2.22. The first-order valence-corrected chi connectivity index (χ1v) is 7.48. The lowest BCUT2D eigenvalue weighted by Crippen LogP contribution is -2.25. The Balaban J connectivity index is 1.76. The minimum atomic E-state index is 0.100. The van der Waals surface area contributed by atoms with Crippen LogP contribution >= 0.6 is 38.6 Å². The number of halogens is 1. The molecule has 2 aromatic heterocycles. The van der Waals surface area contributed by atoms with Gasteiger partial charge in [0.1, 0.15) is 0 Å². The average Bonchev–Trinajstić information content (AvgIpc) is 2.89. The van der Waals surface area contributed by atoms with Gasteiger partial charge in [0.15, 0.2) is 0 Å². The second-order valence-electron chi connectivity index (χ2n) is 3.46. The quantitative estimate of drug-likeness (QED) is 0.887. The zero-order valence-electron chi connectivity index (χ0n) is 8.65. The van der Waals surface area contributed by atoms with E-state index in [2.05, 4.69) is 44.8 Å². The van der Waals surface area contributed by atoms with Crippen molar-refractivity contribution >= 4 is 38.6 Å². The van der Waals surface area contributed by atoms with Gasteiger partial charge >= 0.3 is 0 Å². The number of nitrogens with one attached hydrogen (secondary N) is 1. The van der Waals surface area contributed by atoms with Gasteiger partial charge < -0.3 is 11.1 Å². The predicted octanol–water partition coefficient (Wildman–Crippen LogP) is 3.36. The summed E-state index contributed by atoms with van der Waals surface area (Å²) in [5, 5.41) is 5.44. The third-order valence-corrected chi connectivity index (χ3v) is 4.83. The Hall–Kier alpha value is -0.200. The second kappa shape index (κ2) is 5.93. The zero-order valence-corrected chi connectivity index (χ0v) is 11.9. The summed E-state index contributed by atoms with van der Waals surface area (Å²) in [7, 11) is 0. The van der Waals surface area contributed by atoms with Gasteiger partial charge in [0.25, 0.3) is 0 Å². The highest BCUT2D eigenvalue weighted by molar-refractivity contribution is 9.11. The van der Waals surface area contributed by atoms with Gasteiger partial charge in [-0.15, -0.1) is 22.7 Å². The Bertz CT molecular complexity index is 425. The third kappa shape index (κ3) is 3.40. The molecule has 0 amide bonds. The van der Waals surface area contributed by atoms with E-state index in [0.717, 1.165) is 13.1 Å². The van der Waals surface area contributed by atoms with Gasteiger partial charge in [-0.25, -0.2) is 0 Å². The van der Waals surface area contributed by atoms with Gasteiger partial charge in [-0.1, -0.05) is 6.07 Å². The maximum atomic E-state index is 6.05. The summed E-state index contributed by atoms with van der Waals surface area (Å²) in [6.45, 7) is 1.70. The van der Waals surface area contributed by atoms with Gasteiger partial charge in [0.2, 0.25) is 0 Å². The van der Waals surface area contributed by atoms with Crippen LogP contribution in [-0.2, 0) is 6.54 Å². The Morgan fingerprint density at radius 2 is 2.25 bits per heavy atom. The highest BCUT2D eigenvalue weighted by atomic mass is 79.9. The van der Waals surface area contributed by atoms with Crippen molar-refractivity contribution in [2.24, 2.45) is 5.73 Å². The largest absolute Gasteiger partial charge is 0.322 e. The first-order valence-electron chi connectivity index (χ1n) is 4.99. The van der Waals surface area contributed by atoms with Crippen LogP contribution < -0.4 is 11.1 Å². The summed E-state index contributed by atoms with van der Waals surface area (Å²) in [5.74, 6) is 0. The van der Waals surface area contributed by atoms with Crippen LogP contribution in [-0.4, -0.2) is 6.54 Å². The minimum absolute atomic E-state index is 0.100. The lowest BCUT2D eigenvalue weighted by Gasteiger charge is -2.10. The molecule has 2 aromatic rings. The van der Waals surface area contributed by atoms with Crippen molar-refractivity contribution in [2.45, 2.75) is 12.6 Å². The van der Waals surface area contributed by atoms with Crippen LogP contribution in [0.4, 0.5) is 0 Å². The Kier molecular flexibility index (Phi) is 4.55. The van der Waals surface area contributed by atoms with Crippen LogP contribution in [0.3, 0.4) is 0 Å².